The summed E-state index contributed by atoms with van der Waals surface area (Å²) in [7, 11) is 0. The molecule has 0 aromatic carbocycles. The van der Waals surface area contributed by atoms with Crippen molar-refractivity contribution in [3.63, 3.8) is 0 Å². The van der Waals surface area contributed by atoms with Crippen LogP contribution in [0, 0.1) is 0 Å². The molecule has 0 saturated carbocycles. The molecule has 10 heavy (non-hydrogen) atoms. The first-order valence-electron chi connectivity index (χ1n) is 3.74. The lowest BCUT2D eigenvalue weighted by molar-refractivity contribution is 0.740. The zero-order chi connectivity index (χ0) is 7.98. The fourth-order valence-electron chi connectivity index (χ4n) is 0.868. The van der Waals surface area contributed by atoms with E-state index in [1.54, 1.807) is 0 Å². The first-order chi connectivity index (χ1) is 4.70. The molecule has 0 spiro atoms. The molecule has 1 atom stereocenters. The average molecular weight is 139 g/mol. The first kappa shape index (κ1) is 9.44. The van der Waals surface area contributed by atoms with Gasteiger partial charge in [-0.25, -0.2) is 0 Å². The molecule has 1 heteroatoms. The van der Waals surface area contributed by atoms with Crippen LogP contribution in [0.5, 0.6) is 0 Å². The molecule has 1 unspecified atom stereocenters. The van der Waals surface area contributed by atoms with Gasteiger partial charge in [0, 0.05) is 6.04 Å². The summed E-state index contributed by atoms with van der Waals surface area (Å²) in [5, 5.41) is 0. The predicted octanol–water partition coefficient (Wildman–Crippen LogP) is 2.25. The number of hydrogen-bond donors (Lipinski definition) is 1. The van der Waals surface area contributed by atoms with Gasteiger partial charge in [0.2, 0.25) is 0 Å². The van der Waals surface area contributed by atoms with Gasteiger partial charge in [-0.1, -0.05) is 23.8 Å². The van der Waals surface area contributed by atoms with Crippen LogP contribution in [0.1, 0.15) is 27.2 Å². The third-order valence-electron chi connectivity index (χ3n) is 1.31. The van der Waals surface area contributed by atoms with Gasteiger partial charge in [-0.15, -0.1) is 0 Å². The van der Waals surface area contributed by atoms with E-state index >= 15 is 0 Å². The van der Waals surface area contributed by atoms with Gasteiger partial charge in [0.05, 0.1) is 0 Å². The molecule has 2 N–H and O–H groups in total. The van der Waals surface area contributed by atoms with Crippen molar-refractivity contribution in [3.05, 3.63) is 23.8 Å². The van der Waals surface area contributed by atoms with Crippen LogP contribution in [0.4, 0.5) is 0 Å². The molecule has 0 aliphatic rings. The van der Waals surface area contributed by atoms with Crippen molar-refractivity contribution in [2.45, 2.75) is 33.2 Å². The van der Waals surface area contributed by atoms with Crippen LogP contribution in [0.15, 0.2) is 23.8 Å². The van der Waals surface area contributed by atoms with Gasteiger partial charge in [0.1, 0.15) is 0 Å². The smallest absolute Gasteiger partial charge is 0.00507 e. The van der Waals surface area contributed by atoms with Crippen molar-refractivity contribution >= 4 is 0 Å². The second-order valence-electron chi connectivity index (χ2n) is 2.54. The lowest BCUT2D eigenvalue weighted by Crippen LogP contribution is -2.14. The van der Waals surface area contributed by atoms with Crippen LogP contribution in [0.2, 0.25) is 0 Å². The minimum atomic E-state index is 0.266. The van der Waals surface area contributed by atoms with Crippen molar-refractivity contribution in [1.29, 1.82) is 0 Å². The summed E-state index contributed by atoms with van der Waals surface area (Å²) >= 11 is 0. The van der Waals surface area contributed by atoms with Crippen molar-refractivity contribution in [2.75, 3.05) is 0 Å². The second-order valence-corrected chi connectivity index (χ2v) is 2.54. The largest absolute Gasteiger partial charge is 0.328 e. The summed E-state index contributed by atoms with van der Waals surface area (Å²) in [5.41, 5.74) is 6.94. The van der Waals surface area contributed by atoms with Crippen LogP contribution in [0.3, 0.4) is 0 Å². The lowest BCUT2D eigenvalue weighted by atomic mass is 10.1. The van der Waals surface area contributed by atoms with Crippen LogP contribution < -0.4 is 5.73 Å². The molecule has 0 aliphatic heterocycles. The summed E-state index contributed by atoms with van der Waals surface area (Å²) in [6.07, 6.45) is 7.21. The highest BCUT2D eigenvalue weighted by atomic mass is 14.6. The van der Waals surface area contributed by atoms with Crippen LogP contribution in [-0.4, -0.2) is 6.04 Å². The molecule has 1 nitrogen and oxygen atoms in total. The van der Waals surface area contributed by atoms with Crippen molar-refractivity contribution < 1.29 is 0 Å². The molecule has 0 aliphatic carbocycles. The summed E-state index contributed by atoms with van der Waals surface area (Å²) < 4.78 is 0. The van der Waals surface area contributed by atoms with E-state index in [9.17, 15) is 0 Å². The van der Waals surface area contributed by atoms with E-state index in [1.165, 1.54) is 5.57 Å². The Labute approximate surface area is 63.6 Å². The topological polar surface area (TPSA) is 26.0 Å². The molecule has 0 heterocycles. The molecule has 0 saturated heterocycles. The van der Waals surface area contributed by atoms with E-state index in [1.807, 2.05) is 26.8 Å². The molecule has 0 rings (SSSR count). The van der Waals surface area contributed by atoms with Crippen molar-refractivity contribution in [2.24, 2.45) is 5.73 Å². The quantitative estimate of drug-likeness (QED) is 0.596. The Kier molecular flexibility index (Phi) is 4.95. The molecule has 0 aromatic rings. The summed E-state index contributed by atoms with van der Waals surface area (Å²) in [6.45, 7) is 6.08. The molecule has 0 amide bonds. The van der Waals surface area contributed by atoms with Gasteiger partial charge in [0.25, 0.3) is 0 Å². The van der Waals surface area contributed by atoms with E-state index in [4.69, 9.17) is 5.73 Å². The molecule has 0 radical (unpaired) electrons. The summed E-state index contributed by atoms with van der Waals surface area (Å²) in [5.74, 6) is 0. The Hall–Kier alpha value is -0.560. The Morgan fingerprint density at radius 3 is 2.40 bits per heavy atom. The molecule has 58 valence electrons. The number of hydrogen-bond acceptors (Lipinski definition) is 1. The molecular formula is C9H17N. The lowest BCUT2D eigenvalue weighted by Gasteiger charge is -2.04. The standard InChI is InChI=1S/C9H17N/c1-4-6-9(5-2)7-8(3)10/h4-6,8H,7,10H2,1-3H3/b6-4-,9-5+. The van der Waals surface area contributed by atoms with E-state index in [2.05, 4.69) is 12.2 Å². The molecule has 0 aromatic heterocycles. The number of allylic oxidation sites excluding steroid dienone is 3. The summed E-state index contributed by atoms with van der Waals surface area (Å²) in [4.78, 5) is 0. The normalized spacial score (nSPS) is 16.2. The third kappa shape index (κ3) is 4.33. The van der Waals surface area contributed by atoms with Gasteiger partial charge in [0.15, 0.2) is 0 Å². The molecule has 0 bridgehead atoms. The fourth-order valence-corrected chi connectivity index (χ4v) is 0.868. The Morgan fingerprint density at radius 2 is 2.10 bits per heavy atom. The van der Waals surface area contributed by atoms with Crippen LogP contribution >= 0.6 is 0 Å². The maximum absolute atomic E-state index is 5.62. The fraction of sp³-hybridized carbons (Fsp3) is 0.556. The second kappa shape index (κ2) is 5.24. The van der Waals surface area contributed by atoms with Crippen LogP contribution in [-0.2, 0) is 0 Å². The minimum absolute atomic E-state index is 0.266. The Bertz CT molecular complexity index is 132. The van der Waals surface area contributed by atoms with Crippen molar-refractivity contribution in [3.8, 4) is 0 Å². The van der Waals surface area contributed by atoms with E-state index < -0.39 is 0 Å². The van der Waals surface area contributed by atoms with Crippen molar-refractivity contribution in [1.82, 2.24) is 0 Å². The van der Waals surface area contributed by atoms with Gasteiger partial charge in [-0.2, -0.15) is 0 Å². The van der Waals surface area contributed by atoms with Gasteiger partial charge in [-0.05, 0) is 27.2 Å². The summed E-state index contributed by atoms with van der Waals surface area (Å²) in [6, 6.07) is 0.266. The molecular weight excluding hydrogens is 122 g/mol. The highest BCUT2D eigenvalue weighted by molar-refractivity contribution is 5.17. The highest BCUT2D eigenvalue weighted by Crippen LogP contribution is 2.04. The number of rotatable bonds is 3. The maximum Gasteiger partial charge on any atom is 0.00507 e. The monoisotopic (exact) mass is 139 g/mol. The van der Waals surface area contributed by atoms with Gasteiger partial charge < -0.3 is 5.73 Å². The Balaban J connectivity index is 3.86. The Morgan fingerprint density at radius 1 is 1.50 bits per heavy atom. The maximum atomic E-state index is 5.62. The zero-order valence-corrected chi connectivity index (χ0v) is 7.09. The van der Waals surface area contributed by atoms with E-state index in [0.29, 0.717) is 0 Å². The predicted molar refractivity (Wildman–Crippen MR) is 46.8 cm³/mol. The minimum Gasteiger partial charge on any atom is -0.328 e. The van der Waals surface area contributed by atoms with E-state index in [-0.39, 0.29) is 6.04 Å². The zero-order valence-electron chi connectivity index (χ0n) is 7.09. The first-order valence-corrected chi connectivity index (χ1v) is 3.74. The SMILES string of the molecule is C/C=C\C(=C/C)CC(C)N. The van der Waals surface area contributed by atoms with Gasteiger partial charge >= 0.3 is 0 Å². The average Bonchev–Trinajstić information content (AvgIpc) is 1.86. The van der Waals surface area contributed by atoms with Crippen LogP contribution in [0.25, 0.3) is 0 Å². The van der Waals surface area contributed by atoms with Gasteiger partial charge in [-0.3, -0.25) is 0 Å². The third-order valence-corrected chi connectivity index (χ3v) is 1.31. The van der Waals surface area contributed by atoms with E-state index in [0.717, 1.165) is 6.42 Å². The molecule has 0 fully saturated rings. The highest BCUT2D eigenvalue weighted by Gasteiger charge is 1.94. The number of nitrogens with two attached hydrogens (primary N) is 1.